The van der Waals surface area contributed by atoms with E-state index in [9.17, 15) is 18.3 Å². The largest absolute Gasteiger partial charge is 0.494 e. The molecule has 2 rings (SSSR count). The fraction of sp³-hybridized carbons (Fsp3) is 0.462. The highest BCUT2D eigenvalue weighted by atomic mass is 19.4. The first kappa shape index (κ1) is 25.0. The molecule has 0 aliphatic carbocycles. The molecule has 0 heterocycles. The van der Waals surface area contributed by atoms with Crippen molar-refractivity contribution in [2.24, 2.45) is 0 Å². The number of benzene rings is 2. The van der Waals surface area contributed by atoms with Crippen LogP contribution >= 0.6 is 0 Å². The number of aliphatic hydroxyl groups is 1. The first-order valence-corrected chi connectivity index (χ1v) is 11.2. The molecule has 0 atom stereocenters. The summed E-state index contributed by atoms with van der Waals surface area (Å²) >= 11 is 0. The normalized spacial score (nSPS) is 12.2. The zero-order valence-corrected chi connectivity index (χ0v) is 18.3. The summed E-state index contributed by atoms with van der Waals surface area (Å²) in [5.74, 6) is 0.720. The van der Waals surface area contributed by atoms with Gasteiger partial charge >= 0.3 is 6.18 Å². The minimum atomic E-state index is -4.42. The summed E-state index contributed by atoms with van der Waals surface area (Å²) < 4.78 is 44.8. The van der Waals surface area contributed by atoms with E-state index in [2.05, 4.69) is 6.92 Å². The van der Waals surface area contributed by atoms with Crippen molar-refractivity contribution in [3.63, 3.8) is 0 Å². The lowest BCUT2D eigenvalue weighted by Crippen LogP contribution is -2.05. The first-order valence-electron chi connectivity index (χ1n) is 11.2. The van der Waals surface area contributed by atoms with Gasteiger partial charge in [-0.15, -0.1) is 0 Å². The van der Waals surface area contributed by atoms with Crippen LogP contribution in [0.3, 0.4) is 0 Å². The molecule has 0 unspecified atom stereocenters. The van der Waals surface area contributed by atoms with Crippen molar-refractivity contribution in [1.82, 2.24) is 0 Å². The summed E-state index contributed by atoms with van der Waals surface area (Å²) in [6.07, 6.45) is 7.15. The second-order valence-corrected chi connectivity index (χ2v) is 7.80. The fourth-order valence-corrected chi connectivity index (χ4v) is 3.44. The topological polar surface area (TPSA) is 29.5 Å². The standard InChI is InChI=1S/C26H33F3O2/c1-2-3-4-5-6-7-8-9-16-31-25-15-10-12-21(18-25)17-23(20-30)22-13-11-14-24(19-22)26(27,28)29/h10-15,17-19,30H,2-9,16,20H2,1H3/b23-17+. The average molecular weight is 435 g/mol. The number of halogens is 3. The molecule has 170 valence electrons. The molecule has 0 aliphatic heterocycles. The molecule has 2 aromatic carbocycles. The summed E-state index contributed by atoms with van der Waals surface area (Å²) in [5, 5.41) is 9.71. The van der Waals surface area contributed by atoms with E-state index in [1.807, 2.05) is 24.3 Å². The molecule has 0 saturated carbocycles. The monoisotopic (exact) mass is 434 g/mol. The maximum Gasteiger partial charge on any atom is 0.416 e. The van der Waals surface area contributed by atoms with Gasteiger partial charge in [-0.05, 0) is 53.5 Å². The Morgan fingerprint density at radius 3 is 2.26 bits per heavy atom. The molecule has 0 aliphatic rings. The predicted octanol–water partition coefficient (Wildman–Crippen LogP) is 7.76. The quantitative estimate of drug-likeness (QED) is 0.258. The minimum Gasteiger partial charge on any atom is -0.494 e. The van der Waals surface area contributed by atoms with Gasteiger partial charge < -0.3 is 9.84 Å². The van der Waals surface area contributed by atoms with E-state index in [0.29, 0.717) is 17.7 Å². The lowest BCUT2D eigenvalue weighted by molar-refractivity contribution is -0.137. The van der Waals surface area contributed by atoms with Gasteiger partial charge in [-0.3, -0.25) is 0 Å². The number of aliphatic hydroxyl groups excluding tert-OH is 1. The van der Waals surface area contributed by atoms with E-state index >= 15 is 0 Å². The Balaban J connectivity index is 1.91. The average Bonchev–Trinajstić information content (AvgIpc) is 2.76. The number of alkyl halides is 3. The van der Waals surface area contributed by atoms with Crippen molar-refractivity contribution in [2.75, 3.05) is 13.2 Å². The molecule has 0 aromatic heterocycles. The third-order valence-corrected chi connectivity index (χ3v) is 5.20. The third-order valence-electron chi connectivity index (χ3n) is 5.20. The van der Waals surface area contributed by atoms with Crippen molar-refractivity contribution in [3.05, 3.63) is 65.2 Å². The van der Waals surface area contributed by atoms with Crippen molar-refractivity contribution in [3.8, 4) is 5.75 Å². The summed E-state index contributed by atoms with van der Waals surface area (Å²) in [6, 6.07) is 12.4. The van der Waals surface area contributed by atoms with Crippen LogP contribution in [0.1, 0.15) is 75.0 Å². The number of hydrogen-bond donors (Lipinski definition) is 1. The Bertz CT molecular complexity index is 812. The van der Waals surface area contributed by atoms with Gasteiger partial charge in [0.2, 0.25) is 0 Å². The van der Waals surface area contributed by atoms with Crippen LogP contribution in [-0.2, 0) is 6.18 Å². The SMILES string of the molecule is CCCCCCCCCCOc1cccc(/C=C(\CO)c2cccc(C(F)(F)F)c2)c1. The van der Waals surface area contributed by atoms with Crippen molar-refractivity contribution in [2.45, 2.75) is 64.5 Å². The van der Waals surface area contributed by atoms with E-state index in [1.54, 1.807) is 12.1 Å². The second-order valence-electron chi connectivity index (χ2n) is 7.80. The van der Waals surface area contributed by atoms with E-state index in [1.165, 1.54) is 44.6 Å². The number of hydrogen-bond acceptors (Lipinski definition) is 2. The number of rotatable bonds is 13. The zero-order valence-electron chi connectivity index (χ0n) is 18.3. The van der Waals surface area contributed by atoms with Gasteiger partial charge in [0.1, 0.15) is 5.75 Å². The van der Waals surface area contributed by atoms with Crippen LogP contribution in [0.2, 0.25) is 0 Å². The fourth-order valence-electron chi connectivity index (χ4n) is 3.44. The molecule has 0 amide bonds. The lowest BCUT2D eigenvalue weighted by atomic mass is 10.0. The molecule has 0 saturated heterocycles. The zero-order chi connectivity index (χ0) is 22.5. The van der Waals surface area contributed by atoms with Gasteiger partial charge in [-0.2, -0.15) is 13.2 Å². The summed E-state index contributed by atoms with van der Waals surface area (Å²) in [5.41, 5.74) is 0.815. The molecule has 0 spiro atoms. The van der Waals surface area contributed by atoms with E-state index in [0.717, 1.165) is 36.3 Å². The highest BCUT2D eigenvalue weighted by Crippen LogP contribution is 2.31. The maximum absolute atomic E-state index is 13.0. The summed E-state index contributed by atoms with van der Waals surface area (Å²) in [7, 11) is 0. The van der Waals surface area contributed by atoms with Gasteiger partial charge in [-0.1, -0.05) is 76.1 Å². The van der Waals surface area contributed by atoms with Crippen LogP contribution in [-0.4, -0.2) is 18.3 Å². The van der Waals surface area contributed by atoms with Crippen LogP contribution in [0.4, 0.5) is 13.2 Å². The molecule has 2 aromatic rings. The molecular formula is C26H33F3O2. The first-order chi connectivity index (χ1) is 14.9. The lowest BCUT2D eigenvalue weighted by Gasteiger charge is -2.11. The molecule has 1 N–H and O–H groups in total. The van der Waals surface area contributed by atoms with Gasteiger partial charge in [0.15, 0.2) is 0 Å². The Morgan fingerprint density at radius 2 is 1.58 bits per heavy atom. The second kappa shape index (κ2) is 13.2. The molecule has 31 heavy (non-hydrogen) atoms. The molecule has 0 radical (unpaired) electrons. The number of ether oxygens (including phenoxy) is 1. The third kappa shape index (κ3) is 9.18. The predicted molar refractivity (Wildman–Crippen MR) is 121 cm³/mol. The van der Waals surface area contributed by atoms with E-state index in [4.69, 9.17) is 4.74 Å². The van der Waals surface area contributed by atoms with Gasteiger partial charge in [0.05, 0.1) is 18.8 Å². The smallest absolute Gasteiger partial charge is 0.416 e. The van der Waals surface area contributed by atoms with Gasteiger partial charge in [-0.25, -0.2) is 0 Å². The Morgan fingerprint density at radius 1 is 0.903 bits per heavy atom. The molecule has 0 fully saturated rings. The van der Waals surface area contributed by atoms with Crippen LogP contribution in [0.15, 0.2) is 48.5 Å². The van der Waals surface area contributed by atoms with E-state index in [-0.39, 0.29) is 6.61 Å². The van der Waals surface area contributed by atoms with Crippen molar-refractivity contribution in [1.29, 1.82) is 0 Å². The highest BCUT2D eigenvalue weighted by Gasteiger charge is 2.30. The van der Waals surface area contributed by atoms with Crippen LogP contribution in [0.5, 0.6) is 5.75 Å². The van der Waals surface area contributed by atoms with Crippen LogP contribution in [0.25, 0.3) is 11.6 Å². The Hall–Kier alpha value is -2.27. The van der Waals surface area contributed by atoms with Gasteiger partial charge in [0, 0.05) is 0 Å². The molecule has 5 heteroatoms. The molecular weight excluding hydrogens is 401 g/mol. The highest BCUT2D eigenvalue weighted by molar-refractivity contribution is 5.82. The Labute approximate surface area is 183 Å². The summed E-state index contributed by atoms with van der Waals surface area (Å²) in [4.78, 5) is 0. The molecule has 0 bridgehead atoms. The van der Waals surface area contributed by atoms with Crippen molar-refractivity contribution >= 4 is 11.6 Å². The minimum absolute atomic E-state index is 0.350. The van der Waals surface area contributed by atoms with E-state index < -0.39 is 11.7 Å². The van der Waals surface area contributed by atoms with Gasteiger partial charge in [0.25, 0.3) is 0 Å². The number of unbranched alkanes of at least 4 members (excludes halogenated alkanes) is 7. The molecule has 2 nitrogen and oxygen atoms in total. The summed E-state index contributed by atoms with van der Waals surface area (Å²) in [6.45, 7) is 2.51. The van der Waals surface area contributed by atoms with Crippen molar-refractivity contribution < 1.29 is 23.0 Å². The van der Waals surface area contributed by atoms with Crippen LogP contribution in [0, 0.1) is 0 Å². The Kier molecular flexibility index (Phi) is 10.6. The maximum atomic E-state index is 13.0. The van der Waals surface area contributed by atoms with Crippen LogP contribution < -0.4 is 4.74 Å².